The summed E-state index contributed by atoms with van der Waals surface area (Å²) in [6, 6.07) is 10.6. The molecule has 3 N–H and O–H groups in total. The van der Waals surface area contributed by atoms with E-state index in [0.717, 1.165) is 9.87 Å². The molecule has 0 saturated carbocycles. The van der Waals surface area contributed by atoms with Gasteiger partial charge in [-0.2, -0.15) is 0 Å². The SMILES string of the molecule is Cc1ccc(N(CC(=O)NN)S(=O)(=O)c2ccc(Cl)c(Cl)c2)cc1. The van der Waals surface area contributed by atoms with Crippen molar-refractivity contribution in [3.63, 3.8) is 0 Å². The fraction of sp³-hybridized carbons (Fsp3) is 0.133. The van der Waals surface area contributed by atoms with Crippen LogP contribution in [0.2, 0.25) is 10.0 Å². The van der Waals surface area contributed by atoms with Crippen molar-refractivity contribution in [2.75, 3.05) is 10.8 Å². The molecule has 0 aliphatic rings. The Hall–Kier alpha value is -1.80. The molecule has 128 valence electrons. The number of hydrogen-bond acceptors (Lipinski definition) is 4. The summed E-state index contributed by atoms with van der Waals surface area (Å²) >= 11 is 11.7. The van der Waals surface area contributed by atoms with Crippen molar-refractivity contribution in [2.24, 2.45) is 5.84 Å². The molecule has 0 heterocycles. The minimum absolute atomic E-state index is 0.0812. The average Bonchev–Trinajstić information content (AvgIpc) is 2.55. The van der Waals surface area contributed by atoms with E-state index in [4.69, 9.17) is 29.0 Å². The first-order chi connectivity index (χ1) is 11.3. The largest absolute Gasteiger partial charge is 0.293 e. The molecule has 1 amide bonds. The standard InChI is InChI=1S/C15H15Cl2N3O3S/c1-10-2-4-11(5-3-10)20(9-15(21)19-18)24(22,23)12-6-7-13(16)14(17)8-12/h2-8H,9,18H2,1H3,(H,19,21). The van der Waals surface area contributed by atoms with Crippen LogP contribution in [0, 0.1) is 6.92 Å². The Kier molecular flexibility index (Phi) is 5.71. The van der Waals surface area contributed by atoms with Crippen molar-refractivity contribution in [3.8, 4) is 0 Å². The number of hydrazine groups is 1. The molecule has 0 aliphatic heterocycles. The van der Waals surface area contributed by atoms with E-state index in [0.29, 0.717) is 5.69 Å². The number of halogens is 2. The van der Waals surface area contributed by atoms with Gasteiger partial charge in [0.15, 0.2) is 0 Å². The third-order valence-corrected chi connectivity index (χ3v) is 5.76. The number of nitrogens with two attached hydrogens (primary N) is 1. The zero-order valence-electron chi connectivity index (χ0n) is 12.7. The molecule has 2 rings (SSSR count). The van der Waals surface area contributed by atoms with E-state index in [9.17, 15) is 13.2 Å². The highest BCUT2D eigenvalue weighted by Crippen LogP contribution is 2.29. The summed E-state index contributed by atoms with van der Waals surface area (Å²) in [5.41, 5.74) is 3.21. The Morgan fingerprint density at radius 3 is 2.29 bits per heavy atom. The predicted molar refractivity (Wildman–Crippen MR) is 94.5 cm³/mol. The molecule has 0 spiro atoms. The van der Waals surface area contributed by atoms with E-state index in [1.165, 1.54) is 18.2 Å². The first kappa shape index (κ1) is 18.5. The fourth-order valence-corrected chi connectivity index (χ4v) is 3.78. The lowest BCUT2D eigenvalue weighted by Gasteiger charge is -2.24. The summed E-state index contributed by atoms with van der Waals surface area (Å²) in [6.45, 7) is 1.40. The second-order valence-corrected chi connectivity index (χ2v) is 7.67. The van der Waals surface area contributed by atoms with E-state index >= 15 is 0 Å². The summed E-state index contributed by atoms with van der Waals surface area (Å²) in [7, 11) is -4.04. The first-order valence-corrected chi connectivity index (χ1v) is 8.99. The molecular weight excluding hydrogens is 373 g/mol. The van der Waals surface area contributed by atoms with Crippen LogP contribution in [0.25, 0.3) is 0 Å². The molecule has 0 saturated heterocycles. The summed E-state index contributed by atoms with van der Waals surface area (Å²) in [5, 5.41) is 0.335. The molecule has 0 atom stereocenters. The molecule has 0 aromatic heterocycles. The minimum atomic E-state index is -4.04. The summed E-state index contributed by atoms with van der Waals surface area (Å²) in [6.07, 6.45) is 0. The van der Waals surface area contributed by atoms with Crippen LogP contribution in [0.1, 0.15) is 5.56 Å². The lowest BCUT2D eigenvalue weighted by Crippen LogP contribution is -2.43. The van der Waals surface area contributed by atoms with Gasteiger partial charge in [0.1, 0.15) is 6.54 Å². The highest BCUT2D eigenvalue weighted by Gasteiger charge is 2.27. The topological polar surface area (TPSA) is 92.5 Å². The number of amides is 1. The monoisotopic (exact) mass is 387 g/mol. The molecule has 6 nitrogen and oxygen atoms in total. The van der Waals surface area contributed by atoms with Crippen LogP contribution < -0.4 is 15.6 Å². The van der Waals surface area contributed by atoms with Gasteiger partial charge >= 0.3 is 0 Å². The lowest BCUT2D eigenvalue weighted by atomic mass is 10.2. The van der Waals surface area contributed by atoms with Crippen LogP contribution in [-0.2, 0) is 14.8 Å². The van der Waals surface area contributed by atoms with Gasteiger partial charge in [0.05, 0.1) is 20.6 Å². The molecule has 0 aliphatic carbocycles. The Labute approximate surface area is 150 Å². The Balaban J connectivity index is 2.53. The zero-order valence-corrected chi connectivity index (χ0v) is 15.0. The third kappa shape index (κ3) is 3.99. The van der Waals surface area contributed by atoms with E-state index in [2.05, 4.69) is 0 Å². The van der Waals surface area contributed by atoms with Gasteiger partial charge in [-0.05, 0) is 37.3 Å². The van der Waals surface area contributed by atoms with E-state index in [1.54, 1.807) is 24.3 Å². The van der Waals surface area contributed by atoms with Crippen molar-refractivity contribution in [3.05, 3.63) is 58.1 Å². The molecule has 2 aromatic rings. The van der Waals surface area contributed by atoms with E-state index < -0.39 is 22.5 Å². The van der Waals surface area contributed by atoms with Gasteiger partial charge < -0.3 is 0 Å². The molecule has 0 fully saturated rings. The summed E-state index contributed by atoms with van der Waals surface area (Å²) < 4.78 is 26.8. The number of hydrogen-bond donors (Lipinski definition) is 2. The maximum absolute atomic E-state index is 12.9. The van der Waals surface area contributed by atoms with Gasteiger partial charge in [-0.3, -0.25) is 14.5 Å². The van der Waals surface area contributed by atoms with Gasteiger partial charge in [-0.1, -0.05) is 40.9 Å². The Morgan fingerprint density at radius 2 is 1.75 bits per heavy atom. The second kappa shape index (κ2) is 7.40. The van der Waals surface area contributed by atoms with Crippen LogP contribution in [0.15, 0.2) is 47.4 Å². The average molecular weight is 388 g/mol. The Bertz CT molecular complexity index is 855. The van der Waals surface area contributed by atoms with Gasteiger partial charge in [0.2, 0.25) is 0 Å². The van der Waals surface area contributed by atoms with Gasteiger partial charge in [-0.25, -0.2) is 14.3 Å². The van der Waals surface area contributed by atoms with Crippen molar-refractivity contribution < 1.29 is 13.2 Å². The molecule has 0 radical (unpaired) electrons. The Morgan fingerprint density at radius 1 is 1.12 bits per heavy atom. The van der Waals surface area contributed by atoms with Crippen molar-refractivity contribution in [2.45, 2.75) is 11.8 Å². The maximum atomic E-state index is 12.9. The molecule has 0 unspecified atom stereocenters. The number of anilines is 1. The summed E-state index contributed by atoms with van der Waals surface area (Å²) in [4.78, 5) is 11.6. The van der Waals surface area contributed by atoms with Gasteiger partial charge in [0.25, 0.3) is 15.9 Å². The van der Waals surface area contributed by atoms with Gasteiger partial charge in [-0.15, -0.1) is 0 Å². The number of carbonyl (C=O) groups excluding carboxylic acids is 1. The number of nitrogens with zero attached hydrogens (tertiary/aromatic N) is 1. The van der Waals surface area contributed by atoms with Crippen molar-refractivity contribution >= 4 is 44.8 Å². The third-order valence-electron chi connectivity index (χ3n) is 3.25. The smallest absolute Gasteiger partial charge is 0.264 e. The van der Waals surface area contributed by atoms with Crippen LogP contribution >= 0.6 is 23.2 Å². The predicted octanol–water partition coefficient (Wildman–Crippen LogP) is 2.49. The number of rotatable bonds is 5. The van der Waals surface area contributed by atoms with Crippen molar-refractivity contribution in [1.82, 2.24) is 5.43 Å². The lowest BCUT2D eigenvalue weighted by molar-refractivity contribution is -0.119. The molecule has 2 aromatic carbocycles. The molecular formula is C15H15Cl2N3O3S. The zero-order chi connectivity index (χ0) is 17.9. The normalized spacial score (nSPS) is 11.2. The number of sulfonamides is 1. The first-order valence-electron chi connectivity index (χ1n) is 6.79. The van der Waals surface area contributed by atoms with Crippen LogP contribution in [0.3, 0.4) is 0 Å². The number of carbonyl (C=O) groups is 1. The van der Waals surface area contributed by atoms with Crippen LogP contribution in [0.4, 0.5) is 5.69 Å². The van der Waals surface area contributed by atoms with Crippen LogP contribution in [-0.4, -0.2) is 20.9 Å². The van der Waals surface area contributed by atoms with Crippen molar-refractivity contribution in [1.29, 1.82) is 0 Å². The number of aryl methyl sites for hydroxylation is 1. The number of nitrogens with one attached hydrogen (secondary N) is 1. The van der Waals surface area contributed by atoms with E-state index in [1.807, 2.05) is 12.3 Å². The maximum Gasteiger partial charge on any atom is 0.264 e. The molecule has 9 heteroatoms. The second-order valence-electron chi connectivity index (χ2n) is 4.99. The van der Waals surface area contributed by atoms with E-state index in [-0.39, 0.29) is 14.9 Å². The number of benzene rings is 2. The minimum Gasteiger partial charge on any atom is -0.293 e. The van der Waals surface area contributed by atoms with Crippen LogP contribution in [0.5, 0.6) is 0 Å². The molecule has 0 bridgehead atoms. The molecule has 24 heavy (non-hydrogen) atoms. The van der Waals surface area contributed by atoms with Gasteiger partial charge in [0, 0.05) is 0 Å². The summed E-state index contributed by atoms with van der Waals surface area (Å²) in [5.74, 6) is 4.44. The fourth-order valence-electron chi connectivity index (χ4n) is 1.97. The quantitative estimate of drug-likeness (QED) is 0.468. The highest BCUT2D eigenvalue weighted by molar-refractivity contribution is 7.92. The highest BCUT2D eigenvalue weighted by atomic mass is 35.5.